The Morgan fingerprint density at radius 1 is 1.57 bits per heavy atom. The van der Waals surface area contributed by atoms with E-state index in [1.807, 2.05) is 20.0 Å². The summed E-state index contributed by atoms with van der Waals surface area (Å²) in [4.78, 5) is 5.71. The number of hydrogen-bond donors (Lipinski definition) is 1. The van der Waals surface area contributed by atoms with E-state index < -0.39 is 0 Å². The molecule has 3 nitrogen and oxygen atoms in total. The van der Waals surface area contributed by atoms with Gasteiger partial charge >= 0.3 is 0 Å². The Morgan fingerprint density at radius 2 is 2.36 bits per heavy atom. The van der Waals surface area contributed by atoms with E-state index in [0.29, 0.717) is 6.54 Å². The third-order valence-electron chi connectivity index (χ3n) is 2.35. The first-order valence-electron chi connectivity index (χ1n) is 4.50. The molecule has 74 valence electrons. The number of thiophene rings is 1. The summed E-state index contributed by atoms with van der Waals surface area (Å²) in [6.07, 6.45) is 0. The monoisotopic (exact) mass is 207 g/mol. The number of nitrogens with zero attached hydrogens (tertiary/aromatic N) is 2. The highest BCUT2D eigenvalue weighted by Crippen LogP contribution is 2.25. The zero-order chi connectivity index (χ0) is 10.1. The highest BCUT2D eigenvalue weighted by atomic mass is 32.1. The molecule has 2 rings (SSSR count). The van der Waals surface area contributed by atoms with Gasteiger partial charge in [0.05, 0.1) is 16.3 Å². The standard InChI is InChI=1S/C10H13N3S/c1-7-8(6-11)13(2)10(12-7)9-4-3-5-14-9/h3-5H,6,11H2,1-2H3. The molecule has 14 heavy (non-hydrogen) atoms. The van der Waals surface area contributed by atoms with Crippen molar-refractivity contribution >= 4 is 11.3 Å². The second kappa shape index (κ2) is 3.55. The smallest absolute Gasteiger partial charge is 0.150 e. The summed E-state index contributed by atoms with van der Waals surface area (Å²) in [6, 6.07) is 4.11. The van der Waals surface area contributed by atoms with Crippen LogP contribution in [0.2, 0.25) is 0 Å². The molecule has 2 aromatic rings. The first-order valence-corrected chi connectivity index (χ1v) is 5.38. The number of aromatic nitrogens is 2. The van der Waals surface area contributed by atoms with E-state index in [4.69, 9.17) is 5.73 Å². The Kier molecular flexibility index (Phi) is 2.39. The fourth-order valence-corrected chi connectivity index (χ4v) is 2.33. The Bertz CT molecular complexity index is 428. The average Bonchev–Trinajstić information content (AvgIpc) is 2.74. The maximum atomic E-state index is 5.66. The maximum absolute atomic E-state index is 5.66. The molecule has 0 saturated heterocycles. The molecule has 0 amide bonds. The molecule has 2 heterocycles. The molecule has 0 atom stereocenters. The molecule has 0 bridgehead atoms. The van der Waals surface area contributed by atoms with Crippen LogP contribution >= 0.6 is 11.3 Å². The Labute approximate surface area is 87.2 Å². The van der Waals surface area contributed by atoms with Crippen molar-refractivity contribution in [3.8, 4) is 10.7 Å². The molecule has 2 N–H and O–H groups in total. The molecule has 4 heteroatoms. The van der Waals surface area contributed by atoms with Crippen molar-refractivity contribution in [1.82, 2.24) is 9.55 Å². The minimum Gasteiger partial charge on any atom is -0.329 e. The fourth-order valence-electron chi connectivity index (χ4n) is 1.58. The Hall–Kier alpha value is -1.13. The van der Waals surface area contributed by atoms with E-state index in [-0.39, 0.29) is 0 Å². The van der Waals surface area contributed by atoms with Crippen molar-refractivity contribution in [1.29, 1.82) is 0 Å². The van der Waals surface area contributed by atoms with Crippen LogP contribution < -0.4 is 5.73 Å². The lowest BCUT2D eigenvalue weighted by Gasteiger charge is -2.01. The van der Waals surface area contributed by atoms with Crippen LogP contribution in [-0.4, -0.2) is 9.55 Å². The van der Waals surface area contributed by atoms with Crippen LogP contribution in [0.25, 0.3) is 10.7 Å². The highest BCUT2D eigenvalue weighted by Gasteiger charge is 2.11. The third kappa shape index (κ3) is 1.36. The van der Waals surface area contributed by atoms with E-state index in [1.54, 1.807) is 11.3 Å². The number of hydrogen-bond acceptors (Lipinski definition) is 3. The molecule has 0 aromatic carbocycles. The van der Waals surface area contributed by atoms with Gasteiger partial charge in [-0.1, -0.05) is 6.07 Å². The quantitative estimate of drug-likeness (QED) is 0.817. The molecule has 0 aliphatic heterocycles. The third-order valence-corrected chi connectivity index (χ3v) is 3.21. The molecule has 0 saturated carbocycles. The first-order chi connectivity index (χ1) is 6.74. The highest BCUT2D eigenvalue weighted by molar-refractivity contribution is 7.13. The van der Waals surface area contributed by atoms with Gasteiger partial charge in [-0.2, -0.15) is 0 Å². The molecule has 0 radical (unpaired) electrons. The van der Waals surface area contributed by atoms with Crippen LogP contribution in [0, 0.1) is 6.92 Å². The lowest BCUT2D eigenvalue weighted by molar-refractivity contribution is 0.824. The second-order valence-corrected chi connectivity index (χ2v) is 4.16. The van der Waals surface area contributed by atoms with Crippen LogP contribution in [-0.2, 0) is 13.6 Å². The summed E-state index contributed by atoms with van der Waals surface area (Å²) in [5.41, 5.74) is 7.79. The zero-order valence-corrected chi connectivity index (χ0v) is 9.14. The lowest BCUT2D eigenvalue weighted by Crippen LogP contribution is -2.05. The second-order valence-electron chi connectivity index (χ2n) is 3.21. The van der Waals surface area contributed by atoms with Crippen molar-refractivity contribution in [3.63, 3.8) is 0 Å². The molecule has 0 aliphatic carbocycles. The van der Waals surface area contributed by atoms with Crippen molar-refractivity contribution in [2.75, 3.05) is 0 Å². The Morgan fingerprint density at radius 3 is 2.86 bits per heavy atom. The molecule has 0 spiro atoms. The molecule has 0 unspecified atom stereocenters. The van der Waals surface area contributed by atoms with Gasteiger partial charge in [-0.3, -0.25) is 0 Å². The van der Waals surface area contributed by atoms with Crippen molar-refractivity contribution in [2.24, 2.45) is 12.8 Å². The van der Waals surface area contributed by atoms with Crippen LogP contribution in [0.5, 0.6) is 0 Å². The zero-order valence-electron chi connectivity index (χ0n) is 8.32. The largest absolute Gasteiger partial charge is 0.329 e. The van der Waals surface area contributed by atoms with Crippen LogP contribution in [0.4, 0.5) is 0 Å². The minimum atomic E-state index is 0.542. The molecular weight excluding hydrogens is 194 g/mol. The summed E-state index contributed by atoms with van der Waals surface area (Å²) in [6.45, 7) is 2.54. The maximum Gasteiger partial charge on any atom is 0.150 e. The number of aryl methyl sites for hydroxylation is 1. The molecule has 0 aliphatic rings. The van der Waals surface area contributed by atoms with Crippen LogP contribution in [0.15, 0.2) is 17.5 Å². The van der Waals surface area contributed by atoms with Gasteiger partial charge in [0, 0.05) is 13.6 Å². The average molecular weight is 207 g/mol. The van der Waals surface area contributed by atoms with E-state index in [2.05, 4.69) is 21.0 Å². The topological polar surface area (TPSA) is 43.8 Å². The van der Waals surface area contributed by atoms with Gasteiger partial charge < -0.3 is 10.3 Å². The number of nitrogens with two attached hydrogens (primary N) is 1. The molecular formula is C10H13N3S. The summed E-state index contributed by atoms with van der Waals surface area (Å²) in [5.74, 6) is 1.01. The van der Waals surface area contributed by atoms with Gasteiger partial charge in [0.25, 0.3) is 0 Å². The van der Waals surface area contributed by atoms with E-state index in [1.165, 1.54) is 4.88 Å². The molecule has 0 fully saturated rings. The molecule has 2 aromatic heterocycles. The van der Waals surface area contributed by atoms with E-state index in [0.717, 1.165) is 17.2 Å². The SMILES string of the molecule is Cc1nc(-c2cccs2)n(C)c1CN. The van der Waals surface area contributed by atoms with Gasteiger partial charge in [-0.05, 0) is 18.4 Å². The summed E-state index contributed by atoms with van der Waals surface area (Å²) < 4.78 is 2.07. The predicted octanol–water partition coefficient (Wildman–Crippen LogP) is 1.92. The normalized spacial score (nSPS) is 10.8. The van der Waals surface area contributed by atoms with Gasteiger partial charge in [0.1, 0.15) is 5.82 Å². The van der Waals surface area contributed by atoms with Gasteiger partial charge in [-0.25, -0.2) is 4.98 Å². The predicted molar refractivity (Wildman–Crippen MR) is 59.1 cm³/mol. The van der Waals surface area contributed by atoms with Crippen molar-refractivity contribution < 1.29 is 0 Å². The minimum absolute atomic E-state index is 0.542. The van der Waals surface area contributed by atoms with Crippen molar-refractivity contribution in [3.05, 3.63) is 28.9 Å². The van der Waals surface area contributed by atoms with E-state index >= 15 is 0 Å². The Balaban J connectivity index is 2.55. The number of imidazole rings is 1. The van der Waals surface area contributed by atoms with E-state index in [9.17, 15) is 0 Å². The lowest BCUT2D eigenvalue weighted by atomic mass is 10.3. The van der Waals surface area contributed by atoms with Crippen molar-refractivity contribution in [2.45, 2.75) is 13.5 Å². The van der Waals surface area contributed by atoms with Gasteiger partial charge in [0.15, 0.2) is 0 Å². The summed E-state index contributed by atoms with van der Waals surface area (Å²) in [5, 5.41) is 2.06. The summed E-state index contributed by atoms with van der Waals surface area (Å²) in [7, 11) is 2.01. The summed E-state index contributed by atoms with van der Waals surface area (Å²) >= 11 is 1.70. The number of rotatable bonds is 2. The van der Waals surface area contributed by atoms with Gasteiger partial charge in [0.2, 0.25) is 0 Å². The van der Waals surface area contributed by atoms with Gasteiger partial charge in [-0.15, -0.1) is 11.3 Å². The van der Waals surface area contributed by atoms with Crippen LogP contribution in [0.3, 0.4) is 0 Å². The first kappa shape index (κ1) is 9.43. The van der Waals surface area contributed by atoms with Crippen LogP contribution in [0.1, 0.15) is 11.4 Å². The fraction of sp³-hybridized carbons (Fsp3) is 0.300.